The predicted molar refractivity (Wildman–Crippen MR) is 116 cm³/mol. The van der Waals surface area contributed by atoms with Crippen molar-refractivity contribution in [1.29, 1.82) is 0 Å². The first kappa shape index (κ1) is 18.2. The number of hydrogen-bond donors (Lipinski definition) is 0. The van der Waals surface area contributed by atoms with Crippen molar-refractivity contribution in [3.63, 3.8) is 0 Å². The van der Waals surface area contributed by atoms with Crippen LogP contribution in [-0.4, -0.2) is 29.7 Å². The summed E-state index contributed by atoms with van der Waals surface area (Å²) in [4.78, 5) is 15.0. The van der Waals surface area contributed by atoms with Gasteiger partial charge in [-0.3, -0.25) is 4.90 Å². The molecule has 3 nitrogen and oxygen atoms in total. The maximum Gasteiger partial charge on any atom is 0.410 e. The molecule has 0 aromatic heterocycles. The molecular weight excluding hydrogens is 358 g/mol. The van der Waals surface area contributed by atoms with Gasteiger partial charge >= 0.3 is 6.09 Å². The summed E-state index contributed by atoms with van der Waals surface area (Å²) in [5.41, 5.74) is 7.76. The smallest absolute Gasteiger partial charge is 0.410 e. The Bertz CT molecular complexity index is 973. The molecule has 2 aromatic carbocycles. The Morgan fingerprint density at radius 1 is 1.07 bits per heavy atom. The summed E-state index contributed by atoms with van der Waals surface area (Å²) in [6.45, 7) is 4.64. The quantitative estimate of drug-likeness (QED) is 0.642. The van der Waals surface area contributed by atoms with Crippen molar-refractivity contribution >= 4 is 6.09 Å². The minimum absolute atomic E-state index is 0.116. The number of benzene rings is 2. The van der Waals surface area contributed by atoms with E-state index in [1.165, 1.54) is 33.4 Å². The van der Waals surface area contributed by atoms with Crippen molar-refractivity contribution in [2.45, 2.75) is 51.1 Å². The van der Waals surface area contributed by atoms with Gasteiger partial charge in [-0.1, -0.05) is 66.3 Å². The van der Waals surface area contributed by atoms with Crippen LogP contribution < -0.4 is 0 Å². The van der Waals surface area contributed by atoms with Gasteiger partial charge in [0.25, 0.3) is 0 Å². The van der Waals surface area contributed by atoms with E-state index in [1.54, 1.807) is 0 Å². The molecule has 2 aromatic rings. The van der Waals surface area contributed by atoms with E-state index in [0.29, 0.717) is 6.61 Å². The van der Waals surface area contributed by atoms with Crippen LogP contribution in [0.5, 0.6) is 0 Å². The van der Waals surface area contributed by atoms with Crippen LogP contribution in [0.15, 0.2) is 71.8 Å². The summed E-state index contributed by atoms with van der Waals surface area (Å²) < 4.78 is 5.93. The number of fused-ring (bicyclic) bond motifs is 5. The molecule has 0 radical (unpaired) electrons. The first-order valence-corrected chi connectivity index (χ1v) is 10.6. The number of carbonyl (C=O) groups excluding carboxylic acids is 1. The highest BCUT2D eigenvalue weighted by molar-refractivity contribution is 5.79. The van der Waals surface area contributed by atoms with Gasteiger partial charge in [0.15, 0.2) is 0 Å². The van der Waals surface area contributed by atoms with Gasteiger partial charge in [-0.15, -0.1) is 0 Å². The molecule has 0 N–H and O–H groups in total. The van der Waals surface area contributed by atoms with Crippen LogP contribution >= 0.6 is 0 Å². The largest absolute Gasteiger partial charge is 0.448 e. The lowest BCUT2D eigenvalue weighted by Gasteiger charge is -2.33. The number of nitrogens with zero attached hydrogens (tertiary/aromatic N) is 1. The molecule has 1 saturated heterocycles. The van der Waals surface area contributed by atoms with Gasteiger partial charge in [-0.25, -0.2) is 4.79 Å². The number of ether oxygens (including phenoxy) is 1. The number of rotatable bonds is 3. The fraction of sp³-hybridized carbons (Fsp3) is 0.346. The topological polar surface area (TPSA) is 29.5 Å². The maximum atomic E-state index is 13.0. The molecular formula is C26H27NO2. The van der Waals surface area contributed by atoms with Crippen molar-refractivity contribution in [3.8, 4) is 11.1 Å². The van der Waals surface area contributed by atoms with Gasteiger partial charge in [0.2, 0.25) is 0 Å². The molecule has 3 aliphatic rings. The van der Waals surface area contributed by atoms with E-state index in [0.717, 1.165) is 19.3 Å². The Labute approximate surface area is 172 Å². The highest BCUT2D eigenvalue weighted by atomic mass is 16.6. The summed E-state index contributed by atoms with van der Waals surface area (Å²) >= 11 is 0. The van der Waals surface area contributed by atoms with Crippen LogP contribution in [0.4, 0.5) is 4.79 Å². The zero-order valence-electron chi connectivity index (χ0n) is 17.1. The summed E-state index contributed by atoms with van der Waals surface area (Å²) in [6.07, 6.45) is 7.32. The van der Waals surface area contributed by atoms with E-state index in [9.17, 15) is 4.79 Å². The Kier molecular flexibility index (Phi) is 4.54. The Balaban J connectivity index is 1.34. The molecule has 1 aliphatic carbocycles. The summed E-state index contributed by atoms with van der Waals surface area (Å²) in [6, 6.07) is 17.4. The average Bonchev–Trinajstić information content (AvgIpc) is 3.22. The van der Waals surface area contributed by atoms with E-state index >= 15 is 0 Å². The predicted octanol–water partition coefficient (Wildman–Crippen LogP) is 6.06. The van der Waals surface area contributed by atoms with Gasteiger partial charge in [-0.05, 0) is 60.9 Å². The van der Waals surface area contributed by atoms with E-state index in [4.69, 9.17) is 4.74 Å². The lowest BCUT2D eigenvalue weighted by molar-refractivity contribution is 0.0853. The van der Waals surface area contributed by atoms with Crippen molar-refractivity contribution in [2.75, 3.05) is 6.61 Å². The monoisotopic (exact) mass is 385 g/mol. The number of hydrogen-bond acceptors (Lipinski definition) is 2. The fourth-order valence-corrected chi connectivity index (χ4v) is 5.26. The Morgan fingerprint density at radius 3 is 2.34 bits per heavy atom. The molecule has 1 amide bonds. The second-order valence-electron chi connectivity index (χ2n) is 8.38. The van der Waals surface area contributed by atoms with Gasteiger partial charge in [0.05, 0.1) is 6.04 Å². The number of carbonyl (C=O) groups is 1. The lowest BCUT2D eigenvalue weighted by Crippen LogP contribution is -2.43. The highest BCUT2D eigenvalue weighted by Gasteiger charge is 2.41. The summed E-state index contributed by atoms with van der Waals surface area (Å²) in [5, 5.41) is 0. The fourth-order valence-electron chi connectivity index (χ4n) is 5.26. The molecule has 29 heavy (non-hydrogen) atoms. The van der Waals surface area contributed by atoms with Crippen LogP contribution in [0.3, 0.4) is 0 Å². The molecule has 3 heteroatoms. The molecule has 2 aliphatic heterocycles. The SMILES string of the molecule is CC=C(C)C1=CC2CCC(C1)N2C(=O)OCC1c2ccccc2-c2ccccc21. The van der Waals surface area contributed by atoms with E-state index < -0.39 is 0 Å². The van der Waals surface area contributed by atoms with Gasteiger partial charge in [0.1, 0.15) is 6.61 Å². The second kappa shape index (κ2) is 7.22. The highest BCUT2D eigenvalue weighted by Crippen LogP contribution is 2.45. The molecule has 2 atom stereocenters. The number of amides is 1. The third-order valence-electron chi connectivity index (χ3n) is 6.88. The molecule has 2 bridgehead atoms. The Morgan fingerprint density at radius 2 is 1.72 bits per heavy atom. The summed E-state index contributed by atoms with van der Waals surface area (Å²) in [7, 11) is 0. The van der Waals surface area contributed by atoms with Crippen LogP contribution in [0.1, 0.15) is 50.2 Å². The second-order valence-corrected chi connectivity index (χ2v) is 8.38. The summed E-state index contributed by atoms with van der Waals surface area (Å²) in [5.74, 6) is 0.116. The van der Waals surface area contributed by atoms with Crippen molar-refractivity contribution < 1.29 is 9.53 Å². The van der Waals surface area contributed by atoms with E-state index in [1.807, 2.05) is 4.90 Å². The van der Waals surface area contributed by atoms with Crippen molar-refractivity contribution in [1.82, 2.24) is 4.90 Å². The third kappa shape index (κ3) is 3.00. The standard InChI is InChI=1S/C26H27NO2/c1-3-17(2)18-14-19-12-13-20(15-18)27(19)26(28)29-16-25-23-10-6-4-8-21(23)22-9-5-7-11-24(22)25/h3-11,14,19-20,25H,12-13,15-16H2,1-2H3. The number of allylic oxidation sites excluding steroid dienone is 2. The van der Waals surface area contributed by atoms with Gasteiger partial charge in [-0.2, -0.15) is 0 Å². The Hall–Kier alpha value is -2.81. The van der Waals surface area contributed by atoms with Gasteiger partial charge < -0.3 is 4.74 Å². The van der Waals surface area contributed by atoms with E-state index in [-0.39, 0.29) is 24.1 Å². The molecule has 1 fully saturated rings. The molecule has 0 spiro atoms. The molecule has 2 heterocycles. The van der Waals surface area contributed by atoms with Gasteiger partial charge in [0, 0.05) is 12.0 Å². The minimum Gasteiger partial charge on any atom is -0.448 e. The maximum absolute atomic E-state index is 13.0. The first-order valence-electron chi connectivity index (χ1n) is 10.6. The lowest BCUT2D eigenvalue weighted by atomic mass is 9.95. The van der Waals surface area contributed by atoms with Crippen LogP contribution in [0, 0.1) is 0 Å². The minimum atomic E-state index is -0.159. The van der Waals surface area contributed by atoms with Crippen LogP contribution in [-0.2, 0) is 4.74 Å². The molecule has 148 valence electrons. The molecule has 0 saturated carbocycles. The van der Waals surface area contributed by atoms with E-state index in [2.05, 4.69) is 74.5 Å². The van der Waals surface area contributed by atoms with Crippen LogP contribution in [0.2, 0.25) is 0 Å². The van der Waals surface area contributed by atoms with Crippen molar-refractivity contribution in [2.24, 2.45) is 0 Å². The van der Waals surface area contributed by atoms with Crippen molar-refractivity contribution in [3.05, 3.63) is 83.0 Å². The zero-order chi connectivity index (χ0) is 20.0. The average molecular weight is 386 g/mol. The first-order chi connectivity index (χ1) is 14.2. The molecule has 2 unspecified atom stereocenters. The third-order valence-corrected chi connectivity index (χ3v) is 6.88. The van der Waals surface area contributed by atoms with Crippen LogP contribution in [0.25, 0.3) is 11.1 Å². The molecule has 5 rings (SSSR count). The normalized spacial score (nSPS) is 22.9. The zero-order valence-corrected chi connectivity index (χ0v) is 17.1.